The maximum Gasteiger partial charge on any atom is 0.421 e. The lowest BCUT2D eigenvalue weighted by Crippen LogP contribution is -2.46. The van der Waals surface area contributed by atoms with Gasteiger partial charge in [-0.2, -0.15) is 18.2 Å². The number of fused-ring (bicyclic) bond motifs is 1. The number of aromatic nitrogens is 3. The molecule has 2 N–H and O–H groups in total. The van der Waals surface area contributed by atoms with Crippen molar-refractivity contribution in [3.8, 4) is 0 Å². The van der Waals surface area contributed by atoms with Gasteiger partial charge in [-0.15, -0.1) is 0 Å². The molecule has 2 atom stereocenters. The molecule has 1 saturated carbocycles. The molecule has 2 aliphatic rings. The molecule has 2 aromatic heterocycles. The van der Waals surface area contributed by atoms with Gasteiger partial charge in [-0.05, 0) is 12.8 Å². The van der Waals surface area contributed by atoms with E-state index in [9.17, 15) is 18.0 Å². The molecule has 0 unspecified atom stereocenters. The molecule has 0 amide bonds. The summed E-state index contributed by atoms with van der Waals surface area (Å²) >= 11 is 7.32. The molecule has 2 aromatic rings. The summed E-state index contributed by atoms with van der Waals surface area (Å²) in [5.74, 6) is -0.656. The van der Waals surface area contributed by atoms with Crippen LogP contribution in [0.1, 0.15) is 23.4 Å². The minimum absolute atomic E-state index is 0.0684. The number of carbonyl (C=O) groups is 1. The van der Waals surface area contributed by atoms with Gasteiger partial charge >= 0.3 is 12.1 Å². The first-order valence-corrected chi connectivity index (χ1v) is 9.18. The topological polar surface area (TPSA) is 89.0 Å². The van der Waals surface area contributed by atoms with E-state index in [0.717, 1.165) is 17.8 Å². The second-order valence-corrected chi connectivity index (χ2v) is 7.63. The van der Waals surface area contributed by atoms with Crippen LogP contribution in [0.5, 0.6) is 0 Å². The Morgan fingerprint density at radius 3 is 2.78 bits per heavy atom. The van der Waals surface area contributed by atoms with E-state index in [0.29, 0.717) is 29.2 Å². The number of hydrogen-bond donors (Lipinski definition) is 2. The predicted molar refractivity (Wildman–Crippen MR) is 92.3 cm³/mol. The second-order valence-electron chi connectivity index (χ2n) is 6.27. The van der Waals surface area contributed by atoms with E-state index < -0.39 is 17.2 Å². The van der Waals surface area contributed by atoms with Gasteiger partial charge in [0.05, 0.1) is 6.61 Å². The molecule has 1 aliphatic carbocycles. The number of anilines is 3. The largest absolute Gasteiger partial charge is 0.465 e. The zero-order valence-electron chi connectivity index (χ0n) is 13.9. The third-order valence-electron chi connectivity index (χ3n) is 4.89. The highest BCUT2D eigenvalue weighted by atomic mass is 35.5. The molecule has 0 radical (unpaired) electrons. The smallest absolute Gasteiger partial charge is 0.421 e. The van der Waals surface area contributed by atoms with Crippen molar-refractivity contribution in [1.29, 1.82) is 0 Å². The maximum absolute atomic E-state index is 12.9. The van der Waals surface area contributed by atoms with Gasteiger partial charge in [0.1, 0.15) is 26.8 Å². The van der Waals surface area contributed by atoms with Crippen LogP contribution in [0.15, 0.2) is 6.20 Å². The molecule has 0 bridgehead atoms. The van der Waals surface area contributed by atoms with Crippen molar-refractivity contribution >= 4 is 45.7 Å². The summed E-state index contributed by atoms with van der Waals surface area (Å²) in [5.41, 5.74) is -1.73. The van der Waals surface area contributed by atoms with Crippen LogP contribution >= 0.6 is 22.9 Å². The number of esters is 1. The second kappa shape index (κ2) is 6.20. The Morgan fingerprint density at radius 1 is 1.41 bits per heavy atom. The fraction of sp³-hybridized carbons (Fsp3) is 0.467. The van der Waals surface area contributed by atoms with Crippen molar-refractivity contribution in [2.75, 3.05) is 24.3 Å². The van der Waals surface area contributed by atoms with Crippen LogP contribution in [0.3, 0.4) is 0 Å². The summed E-state index contributed by atoms with van der Waals surface area (Å²) < 4.78 is 44.0. The zero-order valence-corrected chi connectivity index (χ0v) is 15.4. The lowest BCUT2D eigenvalue weighted by atomic mass is 9.62. The lowest BCUT2D eigenvalue weighted by Gasteiger charge is -2.38. The first-order valence-electron chi connectivity index (χ1n) is 7.98. The summed E-state index contributed by atoms with van der Waals surface area (Å²) in [7, 11) is 1.33. The molecule has 2 fully saturated rings. The van der Waals surface area contributed by atoms with E-state index in [2.05, 4.69) is 25.6 Å². The Balaban J connectivity index is 1.63. The predicted octanol–water partition coefficient (Wildman–Crippen LogP) is 3.60. The van der Waals surface area contributed by atoms with E-state index in [4.69, 9.17) is 16.3 Å². The average Bonchev–Trinajstić information content (AvgIpc) is 3.03. The number of cyclic esters (lactones) is 1. The molecule has 1 saturated heterocycles. The van der Waals surface area contributed by atoms with Crippen LogP contribution in [-0.4, -0.2) is 34.6 Å². The standard InChI is InChI=1S/C15H13ClF3N5O2S/c1-20-9-7(15(17,18)19)4-21-13(23-9)24-10-8(16)22-11(27-10)14-3-2-6(14)5-26-12(14)25/h4,6H,2-3,5H2,1H3,(H2,20,21,23,24)/t6-,14-/m0/s1. The van der Waals surface area contributed by atoms with E-state index in [1.165, 1.54) is 7.05 Å². The van der Waals surface area contributed by atoms with Crippen LogP contribution < -0.4 is 10.6 Å². The maximum atomic E-state index is 12.9. The minimum atomic E-state index is -4.58. The molecular formula is C15H13ClF3N5O2S. The van der Waals surface area contributed by atoms with Crippen LogP contribution in [0.2, 0.25) is 5.15 Å². The van der Waals surface area contributed by atoms with Gasteiger partial charge in [0.25, 0.3) is 0 Å². The van der Waals surface area contributed by atoms with Crippen LogP contribution in [0.4, 0.5) is 29.9 Å². The van der Waals surface area contributed by atoms with Crippen molar-refractivity contribution in [1.82, 2.24) is 15.0 Å². The molecule has 4 rings (SSSR count). The van der Waals surface area contributed by atoms with Crippen LogP contribution in [0.25, 0.3) is 0 Å². The third-order valence-corrected chi connectivity index (χ3v) is 6.42. The number of alkyl halides is 3. The monoisotopic (exact) mass is 419 g/mol. The van der Waals surface area contributed by atoms with Gasteiger partial charge < -0.3 is 15.4 Å². The zero-order chi connectivity index (χ0) is 19.4. The number of ether oxygens (including phenoxy) is 1. The molecule has 144 valence electrons. The quantitative estimate of drug-likeness (QED) is 0.732. The van der Waals surface area contributed by atoms with E-state index in [1.54, 1.807) is 0 Å². The van der Waals surface area contributed by atoms with Gasteiger partial charge in [0, 0.05) is 19.2 Å². The third kappa shape index (κ3) is 2.80. The summed E-state index contributed by atoms with van der Waals surface area (Å²) in [4.78, 5) is 24.0. The number of thiazole rings is 1. The van der Waals surface area contributed by atoms with E-state index in [-0.39, 0.29) is 28.8 Å². The van der Waals surface area contributed by atoms with Gasteiger partial charge in [0.2, 0.25) is 5.95 Å². The Labute approximate surface area is 160 Å². The van der Waals surface area contributed by atoms with Gasteiger partial charge in [-0.1, -0.05) is 22.9 Å². The summed E-state index contributed by atoms with van der Waals surface area (Å²) in [5, 5.41) is 6.18. The first-order chi connectivity index (χ1) is 12.8. The Morgan fingerprint density at radius 2 is 2.19 bits per heavy atom. The first kappa shape index (κ1) is 18.2. The van der Waals surface area contributed by atoms with Crippen molar-refractivity contribution in [2.45, 2.75) is 24.4 Å². The molecule has 27 heavy (non-hydrogen) atoms. The fourth-order valence-electron chi connectivity index (χ4n) is 3.32. The number of rotatable bonds is 4. The number of hydrogen-bond acceptors (Lipinski definition) is 8. The van der Waals surface area contributed by atoms with Gasteiger partial charge in [-0.25, -0.2) is 9.97 Å². The Bertz CT molecular complexity index is 921. The minimum Gasteiger partial charge on any atom is -0.465 e. The summed E-state index contributed by atoms with van der Waals surface area (Å²) in [6.45, 7) is 0.367. The van der Waals surface area contributed by atoms with Gasteiger partial charge in [0.15, 0.2) is 5.15 Å². The summed E-state index contributed by atoms with van der Waals surface area (Å²) in [6, 6.07) is 0. The normalized spacial score (nSPS) is 24.2. The molecule has 3 heterocycles. The van der Waals surface area contributed by atoms with Crippen molar-refractivity contribution in [3.63, 3.8) is 0 Å². The Hall–Kier alpha value is -2.14. The number of nitrogens with one attached hydrogen (secondary N) is 2. The van der Waals surface area contributed by atoms with Crippen LogP contribution in [-0.2, 0) is 21.1 Å². The van der Waals surface area contributed by atoms with Crippen LogP contribution in [0, 0.1) is 5.92 Å². The Kier molecular flexibility index (Phi) is 4.18. The highest BCUT2D eigenvalue weighted by Crippen LogP contribution is 2.55. The van der Waals surface area contributed by atoms with E-state index >= 15 is 0 Å². The molecule has 7 nitrogen and oxygen atoms in total. The molecule has 12 heteroatoms. The fourth-order valence-corrected chi connectivity index (χ4v) is 4.75. The van der Waals surface area contributed by atoms with Crippen molar-refractivity contribution in [3.05, 3.63) is 21.9 Å². The van der Waals surface area contributed by atoms with Crippen molar-refractivity contribution in [2.24, 2.45) is 5.92 Å². The average molecular weight is 420 g/mol. The molecule has 0 aromatic carbocycles. The molecule has 0 spiro atoms. The number of nitrogens with zero attached hydrogens (tertiary/aromatic N) is 3. The SMILES string of the molecule is CNc1nc(Nc2sc([C@]34CC[C@H]3COC4=O)nc2Cl)ncc1C(F)(F)F. The van der Waals surface area contributed by atoms with Gasteiger partial charge in [-0.3, -0.25) is 4.79 Å². The number of carbonyl (C=O) groups excluding carboxylic acids is 1. The number of halogens is 4. The lowest BCUT2D eigenvalue weighted by molar-refractivity contribution is -0.144. The highest BCUT2D eigenvalue weighted by Gasteiger charge is 2.61. The highest BCUT2D eigenvalue weighted by molar-refractivity contribution is 7.16. The molecular weight excluding hydrogens is 407 g/mol. The van der Waals surface area contributed by atoms with E-state index in [1.807, 2.05) is 0 Å². The van der Waals surface area contributed by atoms with Crippen molar-refractivity contribution < 1.29 is 22.7 Å². The summed E-state index contributed by atoms with van der Waals surface area (Å²) in [6.07, 6.45) is -2.38. The molecule has 1 aliphatic heterocycles.